The van der Waals surface area contributed by atoms with Gasteiger partial charge in [-0.15, -0.1) is 0 Å². The molecule has 0 aromatic heterocycles. The van der Waals surface area contributed by atoms with Crippen LogP contribution >= 0.6 is 23.2 Å². The minimum atomic E-state index is -0.692. The van der Waals surface area contributed by atoms with Gasteiger partial charge in [0, 0.05) is 22.6 Å². The average molecular weight is 437 g/mol. The molecular weight excluding hydrogens is 411 g/mol. The highest BCUT2D eigenvalue weighted by Gasteiger charge is 2.27. The van der Waals surface area contributed by atoms with E-state index in [1.807, 2.05) is 32.0 Å². The molecule has 2 rings (SSSR count). The van der Waals surface area contributed by atoms with Gasteiger partial charge in [-0.05, 0) is 50.1 Å². The fraction of sp³-hybridized carbons (Fsp3) is 0.364. The first-order chi connectivity index (χ1) is 13.8. The highest BCUT2D eigenvalue weighted by Crippen LogP contribution is 2.23. The van der Waals surface area contributed by atoms with Gasteiger partial charge in [0.1, 0.15) is 11.8 Å². The van der Waals surface area contributed by atoms with E-state index in [9.17, 15) is 9.59 Å². The summed E-state index contributed by atoms with van der Waals surface area (Å²) in [4.78, 5) is 27.1. The van der Waals surface area contributed by atoms with Crippen LogP contribution in [0.1, 0.15) is 32.8 Å². The van der Waals surface area contributed by atoms with Crippen LogP contribution in [-0.4, -0.2) is 35.4 Å². The second kappa shape index (κ2) is 11.1. The Labute approximate surface area is 181 Å². The molecule has 0 fully saturated rings. The Morgan fingerprint density at radius 2 is 1.79 bits per heavy atom. The standard InChI is InChI=1S/C22H26Cl2N2O3/c1-4-15(2)25-22(28)16(3)26(13-17-10-11-18(23)12-20(17)24)21(27)14-29-19-8-6-5-7-9-19/h5-12,15-16H,4,13-14H2,1-3H3,(H,25,28)/t15-,16+/m1/s1. The van der Waals surface area contributed by atoms with Crippen molar-refractivity contribution in [1.82, 2.24) is 10.2 Å². The molecule has 156 valence electrons. The van der Waals surface area contributed by atoms with E-state index < -0.39 is 6.04 Å². The maximum Gasteiger partial charge on any atom is 0.261 e. The monoisotopic (exact) mass is 436 g/mol. The van der Waals surface area contributed by atoms with Crippen molar-refractivity contribution in [3.63, 3.8) is 0 Å². The molecule has 0 unspecified atom stereocenters. The van der Waals surface area contributed by atoms with Crippen LogP contribution in [0.15, 0.2) is 48.5 Å². The second-order valence-corrected chi connectivity index (χ2v) is 7.70. The Morgan fingerprint density at radius 1 is 1.10 bits per heavy atom. The number of hydrogen-bond acceptors (Lipinski definition) is 3. The maximum atomic E-state index is 13.0. The van der Waals surface area contributed by atoms with E-state index in [0.717, 1.165) is 6.42 Å². The maximum absolute atomic E-state index is 13.0. The van der Waals surface area contributed by atoms with Gasteiger partial charge in [-0.25, -0.2) is 0 Å². The molecule has 0 aliphatic rings. The highest BCUT2D eigenvalue weighted by molar-refractivity contribution is 6.35. The van der Waals surface area contributed by atoms with E-state index >= 15 is 0 Å². The van der Waals surface area contributed by atoms with Crippen molar-refractivity contribution < 1.29 is 14.3 Å². The van der Waals surface area contributed by atoms with E-state index in [1.165, 1.54) is 4.90 Å². The van der Waals surface area contributed by atoms with Gasteiger partial charge in [0.2, 0.25) is 5.91 Å². The number of rotatable bonds is 9. The number of carbonyl (C=O) groups excluding carboxylic acids is 2. The van der Waals surface area contributed by atoms with E-state index in [2.05, 4.69) is 5.32 Å². The van der Waals surface area contributed by atoms with Crippen molar-refractivity contribution in [2.75, 3.05) is 6.61 Å². The zero-order chi connectivity index (χ0) is 21.4. The minimum absolute atomic E-state index is 0.0154. The lowest BCUT2D eigenvalue weighted by Gasteiger charge is -2.30. The van der Waals surface area contributed by atoms with Crippen molar-refractivity contribution in [2.45, 2.75) is 45.8 Å². The van der Waals surface area contributed by atoms with Crippen LogP contribution in [0, 0.1) is 0 Å². The number of amides is 2. The van der Waals surface area contributed by atoms with Crippen LogP contribution in [0.5, 0.6) is 5.75 Å². The third-order valence-corrected chi connectivity index (χ3v) is 5.22. The highest BCUT2D eigenvalue weighted by atomic mass is 35.5. The molecule has 0 radical (unpaired) electrons. The molecule has 2 atom stereocenters. The summed E-state index contributed by atoms with van der Waals surface area (Å²) in [6.45, 7) is 5.59. The zero-order valence-electron chi connectivity index (χ0n) is 16.8. The number of para-hydroxylation sites is 1. The largest absolute Gasteiger partial charge is 0.484 e. The van der Waals surface area contributed by atoms with Crippen molar-refractivity contribution in [1.29, 1.82) is 0 Å². The first-order valence-corrected chi connectivity index (χ1v) is 10.3. The molecule has 2 aromatic rings. The molecular formula is C22H26Cl2N2O3. The molecule has 2 amide bonds. The van der Waals surface area contributed by atoms with Gasteiger partial charge < -0.3 is 15.0 Å². The third kappa shape index (κ3) is 6.94. The lowest BCUT2D eigenvalue weighted by atomic mass is 10.1. The van der Waals surface area contributed by atoms with Gasteiger partial charge in [0.15, 0.2) is 6.61 Å². The summed E-state index contributed by atoms with van der Waals surface area (Å²) in [6.07, 6.45) is 0.798. The Balaban J connectivity index is 2.18. The smallest absolute Gasteiger partial charge is 0.261 e. The summed E-state index contributed by atoms with van der Waals surface area (Å²) in [6, 6.07) is 13.5. The molecule has 0 heterocycles. The van der Waals surface area contributed by atoms with Crippen LogP contribution in [0.2, 0.25) is 10.0 Å². The predicted molar refractivity (Wildman–Crippen MR) is 116 cm³/mol. The Hall–Kier alpha value is -2.24. The summed E-state index contributed by atoms with van der Waals surface area (Å²) in [5.41, 5.74) is 0.701. The molecule has 0 spiro atoms. The predicted octanol–water partition coefficient (Wildman–Crippen LogP) is 4.70. The van der Waals surface area contributed by atoms with Crippen LogP contribution < -0.4 is 10.1 Å². The van der Waals surface area contributed by atoms with Crippen LogP contribution in [-0.2, 0) is 16.1 Å². The number of ether oxygens (including phenoxy) is 1. The minimum Gasteiger partial charge on any atom is -0.484 e. The van der Waals surface area contributed by atoms with E-state index in [0.29, 0.717) is 21.4 Å². The molecule has 0 aliphatic heterocycles. The molecule has 1 N–H and O–H groups in total. The molecule has 5 nitrogen and oxygen atoms in total. The van der Waals surface area contributed by atoms with Gasteiger partial charge in [0.25, 0.3) is 5.91 Å². The second-order valence-electron chi connectivity index (χ2n) is 6.85. The van der Waals surface area contributed by atoms with Crippen molar-refractivity contribution in [3.05, 3.63) is 64.1 Å². The summed E-state index contributed by atoms with van der Waals surface area (Å²) in [5, 5.41) is 3.87. The summed E-state index contributed by atoms with van der Waals surface area (Å²) in [5.74, 6) is 0.0474. The summed E-state index contributed by atoms with van der Waals surface area (Å²) in [7, 11) is 0. The Kier molecular flexibility index (Phi) is 8.80. The zero-order valence-corrected chi connectivity index (χ0v) is 18.3. The molecule has 0 aliphatic carbocycles. The van der Waals surface area contributed by atoms with Crippen molar-refractivity contribution >= 4 is 35.0 Å². The molecule has 7 heteroatoms. The number of nitrogens with zero attached hydrogens (tertiary/aromatic N) is 1. The lowest BCUT2D eigenvalue weighted by molar-refractivity contribution is -0.142. The van der Waals surface area contributed by atoms with Gasteiger partial charge in [-0.2, -0.15) is 0 Å². The average Bonchev–Trinajstić information content (AvgIpc) is 2.71. The SMILES string of the molecule is CC[C@@H](C)NC(=O)[C@H](C)N(Cc1ccc(Cl)cc1Cl)C(=O)COc1ccccc1. The number of carbonyl (C=O) groups is 2. The Bertz CT molecular complexity index is 830. The molecule has 2 aromatic carbocycles. The molecule has 0 bridgehead atoms. The van der Waals surface area contributed by atoms with Crippen LogP contribution in [0.3, 0.4) is 0 Å². The normalized spacial score (nSPS) is 12.7. The fourth-order valence-electron chi connectivity index (χ4n) is 2.63. The number of halogens is 2. The number of hydrogen-bond donors (Lipinski definition) is 1. The van der Waals surface area contributed by atoms with Gasteiger partial charge in [-0.3, -0.25) is 9.59 Å². The van der Waals surface area contributed by atoms with Gasteiger partial charge in [-0.1, -0.05) is 54.4 Å². The number of benzene rings is 2. The van der Waals surface area contributed by atoms with Gasteiger partial charge >= 0.3 is 0 Å². The van der Waals surface area contributed by atoms with Crippen molar-refractivity contribution in [3.8, 4) is 5.75 Å². The topological polar surface area (TPSA) is 58.6 Å². The fourth-order valence-corrected chi connectivity index (χ4v) is 3.09. The first kappa shape index (κ1) is 23.0. The number of nitrogens with one attached hydrogen (secondary N) is 1. The Morgan fingerprint density at radius 3 is 2.41 bits per heavy atom. The third-order valence-electron chi connectivity index (χ3n) is 4.63. The summed E-state index contributed by atoms with van der Waals surface area (Å²) >= 11 is 12.3. The van der Waals surface area contributed by atoms with E-state index in [-0.39, 0.29) is 31.0 Å². The van der Waals surface area contributed by atoms with Crippen molar-refractivity contribution in [2.24, 2.45) is 0 Å². The molecule has 29 heavy (non-hydrogen) atoms. The molecule has 0 saturated heterocycles. The quantitative estimate of drug-likeness (QED) is 0.619. The van der Waals surface area contributed by atoms with Gasteiger partial charge in [0.05, 0.1) is 0 Å². The summed E-state index contributed by atoms with van der Waals surface area (Å²) < 4.78 is 5.59. The van der Waals surface area contributed by atoms with E-state index in [4.69, 9.17) is 27.9 Å². The lowest BCUT2D eigenvalue weighted by Crippen LogP contribution is -2.50. The first-order valence-electron chi connectivity index (χ1n) is 9.53. The van der Waals surface area contributed by atoms with Crippen LogP contribution in [0.25, 0.3) is 0 Å². The van der Waals surface area contributed by atoms with E-state index in [1.54, 1.807) is 37.3 Å². The molecule has 0 saturated carbocycles. The van der Waals surface area contributed by atoms with Crippen LogP contribution in [0.4, 0.5) is 0 Å².